The van der Waals surface area contributed by atoms with Gasteiger partial charge in [0.1, 0.15) is 6.61 Å². The van der Waals surface area contributed by atoms with E-state index in [9.17, 15) is 4.79 Å². The summed E-state index contributed by atoms with van der Waals surface area (Å²) in [4.78, 5) is 13.6. The molecule has 2 atom stereocenters. The van der Waals surface area contributed by atoms with Crippen LogP contribution in [0.25, 0.3) is 0 Å². The lowest BCUT2D eigenvalue weighted by molar-refractivity contribution is -0.137. The average molecular weight is 249 g/mol. The highest BCUT2D eigenvalue weighted by Crippen LogP contribution is 2.04. The van der Waals surface area contributed by atoms with Crippen LogP contribution in [0.3, 0.4) is 0 Å². The van der Waals surface area contributed by atoms with Crippen LogP contribution in [0.15, 0.2) is 12.7 Å². The van der Waals surface area contributed by atoms with Crippen LogP contribution in [-0.4, -0.2) is 49.2 Å². The van der Waals surface area contributed by atoms with Crippen molar-refractivity contribution >= 4 is 18.3 Å². The summed E-state index contributed by atoms with van der Waals surface area (Å²) in [6, 6.07) is 0.717. The van der Waals surface area contributed by atoms with E-state index in [2.05, 4.69) is 25.7 Å². The van der Waals surface area contributed by atoms with Crippen molar-refractivity contribution in [3.8, 4) is 0 Å². The maximum atomic E-state index is 11.7. The Morgan fingerprint density at radius 2 is 2.06 bits per heavy atom. The van der Waals surface area contributed by atoms with Gasteiger partial charge in [0.25, 0.3) is 0 Å². The van der Waals surface area contributed by atoms with E-state index < -0.39 is 0 Å². The summed E-state index contributed by atoms with van der Waals surface area (Å²) in [6.07, 6.45) is 1.65. The minimum absolute atomic E-state index is 0. The fourth-order valence-corrected chi connectivity index (χ4v) is 1.85. The molecule has 4 nitrogen and oxygen atoms in total. The van der Waals surface area contributed by atoms with Gasteiger partial charge in [-0.05, 0) is 13.8 Å². The van der Waals surface area contributed by atoms with Crippen molar-refractivity contribution in [1.29, 1.82) is 0 Å². The third-order valence-electron chi connectivity index (χ3n) is 2.37. The molecule has 0 aromatic heterocycles. The third kappa shape index (κ3) is 4.96. The molecule has 1 N–H and O–H groups in total. The standard InChI is InChI=1S/C11H20N2O2.ClH/c1-4-5-15-8-11(14)13-6-9(2)12-10(3)7-13;/h4,9-10,12H,1,5-8H2,2-3H3;1H. The first-order valence-electron chi connectivity index (χ1n) is 5.36. The van der Waals surface area contributed by atoms with Crippen molar-refractivity contribution in [3.05, 3.63) is 12.7 Å². The maximum absolute atomic E-state index is 11.7. The molecule has 0 aliphatic carbocycles. The van der Waals surface area contributed by atoms with Crippen LogP contribution < -0.4 is 5.32 Å². The van der Waals surface area contributed by atoms with Crippen LogP contribution in [-0.2, 0) is 9.53 Å². The Kier molecular flexibility index (Phi) is 7.38. The molecule has 1 rings (SSSR count). The van der Waals surface area contributed by atoms with Crippen molar-refractivity contribution in [2.75, 3.05) is 26.3 Å². The van der Waals surface area contributed by atoms with Crippen LogP contribution in [0.2, 0.25) is 0 Å². The number of carbonyl (C=O) groups is 1. The molecule has 1 aliphatic rings. The molecule has 1 saturated heterocycles. The van der Waals surface area contributed by atoms with E-state index >= 15 is 0 Å². The van der Waals surface area contributed by atoms with Gasteiger partial charge in [0.2, 0.25) is 5.91 Å². The predicted molar refractivity (Wildman–Crippen MR) is 66.9 cm³/mol. The molecule has 5 heteroatoms. The van der Waals surface area contributed by atoms with Gasteiger partial charge in [-0.3, -0.25) is 4.79 Å². The lowest BCUT2D eigenvalue weighted by Crippen LogP contribution is -2.56. The molecule has 0 aromatic rings. The molecule has 0 aromatic carbocycles. The van der Waals surface area contributed by atoms with Gasteiger partial charge >= 0.3 is 0 Å². The number of carbonyl (C=O) groups excluding carboxylic acids is 1. The number of ether oxygens (including phenoxy) is 1. The van der Waals surface area contributed by atoms with Crippen LogP contribution in [0.4, 0.5) is 0 Å². The molecular formula is C11H21ClN2O2. The number of piperazine rings is 1. The first kappa shape index (κ1) is 15.4. The number of hydrogen-bond donors (Lipinski definition) is 1. The predicted octanol–water partition coefficient (Wildman–Crippen LogP) is 0.820. The summed E-state index contributed by atoms with van der Waals surface area (Å²) >= 11 is 0. The van der Waals surface area contributed by atoms with Crippen molar-refractivity contribution in [2.45, 2.75) is 25.9 Å². The topological polar surface area (TPSA) is 41.6 Å². The van der Waals surface area contributed by atoms with Gasteiger partial charge in [0.05, 0.1) is 6.61 Å². The zero-order chi connectivity index (χ0) is 11.3. The number of nitrogens with one attached hydrogen (secondary N) is 1. The summed E-state index contributed by atoms with van der Waals surface area (Å²) < 4.78 is 5.14. The number of hydrogen-bond acceptors (Lipinski definition) is 3. The number of rotatable bonds is 4. The molecule has 0 radical (unpaired) electrons. The number of nitrogens with zero attached hydrogens (tertiary/aromatic N) is 1. The van der Waals surface area contributed by atoms with Crippen LogP contribution >= 0.6 is 12.4 Å². The Morgan fingerprint density at radius 1 is 1.50 bits per heavy atom. The first-order valence-corrected chi connectivity index (χ1v) is 5.36. The molecule has 94 valence electrons. The molecular weight excluding hydrogens is 228 g/mol. The summed E-state index contributed by atoms with van der Waals surface area (Å²) in [6.45, 7) is 9.82. The largest absolute Gasteiger partial charge is 0.368 e. The van der Waals surface area contributed by atoms with Gasteiger partial charge in [0.15, 0.2) is 0 Å². The van der Waals surface area contributed by atoms with Crippen molar-refractivity contribution in [2.24, 2.45) is 0 Å². The minimum Gasteiger partial charge on any atom is -0.368 e. The average Bonchev–Trinajstić information content (AvgIpc) is 2.16. The van der Waals surface area contributed by atoms with Crippen LogP contribution in [0.1, 0.15) is 13.8 Å². The molecule has 1 fully saturated rings. The number of amides is 1. The normalized spacial score (nSPS) is 24.8. The smallest absolute Gasteiger partial charge is 0.248 e. The SMILES string of the molecule is C=CCOCC(=O)N1CC(C)NC(C)C1.Cl. The molecule has 0 saturated carbocycles. The van der Waals surface area contributed by atoms with E-state index in [1.807, 2.05) is 4.90 Å². The summed E-state index contributed by atoms with van der Waals surface area (Å²) in [5.74, 6) is 0.0667. The Hall–Kier alpha value is -0.580. The van der Waals surface area contributed by atoms with E-state index in [-0.39, 0.29) is 24.9 Å². The highest BCUT2D eigenvalue weighted by molar-refractivity contribution is 5.85. The van der Waals surface area contributed by atoms with E-state index in [0.717, 1.165) is 13.1 Å². The van der Waals surface area contributed by atoms with Crippen molar-refractivity contribution in [3.63, 3.8) is 0 Å². The summed E-state index contributed by atoms with van der Waals surface area (Å²) in [5.41, 5.74) is 0. The van der Waals surface area contributed by atoms with E-state index in [1.54, 1.807) is 6.08 Å². The highest BCUT2D eigenvalue weighted by atomic mass is 35.5. The summed E-state index contributed by atoms with van der Waals surface area (Å²) in [7, 11) is 0. The summed E-state index contributed by atoms with van der Waals surface area (Å²) in [5, 5.41) is 3.38. The molecule has 0 bridgehead atoms. The zero-order valence-corrected chi connectivity index (χ0v) is 10.8. The highest BCUT2D eigenvalue weighted by Gasteiger charge is 2.24. The van der Waals surface area contributed by atoms with Crippen LogP contribution in [0.5, 0.6) is 0 Å². The van der Waals surface area contributed by atoms with E-state index in [4.69, 9.17) is 4.74 Å². The van der Waals surface area contributed by atoms with Gasteiger partial charge in [-0.25, -0.2) is 0 Å². The number of halogens is 1. The lowest BCUT2D eigenvalue weighted by Gasteiger charge is -2.36. The quantitative estimate of drug-likeness (QED) is 0.592. The van der Waals surface area contributed by atoms with Gasteiger partial charge in [-0.1, -0.05) is 6.08 Å². The monoisotopic (exact) mass is 248 g/mol. The van der Waals surface area contributed by atoms with Gasteiger partial charge in [-0.15, -0.1) is 19.0 Å². The molecule has 0 spiro atoms. The Morgan fingerprint density at radius 3 is 2.56 bits per heavy atom. The molecule has 1 aliphatic heterocycles. The fourth-order valence-electron chi connectivity index (χ4n) is 1.85. The second-order valence-corrected chi connectivity index (χ2v) is 4.07. The molecule has 16 heavy (non-hydrogen) atoms. The fraction of sp³-hybridized carbons (Fsp3) is 0.727. The van der Waals surface area contributed by atoms with Crippen molar-refractivity contribution < 1.29 is 9.53 Å². The lowest BCUT2D eigenvalue weighted by atomic mass is 10.1. The second kappa shape index (κ2) is 7.65. The van der Waals surface area contributed by atoms with Gasteiger partial charge in [0, 0.05) is 25.2 Å². The van der Waals surface area contributed by atoms with E-state index in [0.29, 0.717) is 18.7 Å². The van der Waals surface area contributed by atoms with Gasteiger partial charge < -0.3 is 15.0 Å². The zero-order valence-electron chi connectivity index (χ0n) is 9.94. The van der Waals surface area contributed by atoms with E-state index in [1.165, 1.54) is 0 Å². The molecule has 1 heterocycles. The molecule has 1 amide bonds. The minimum atomic E-state index is 0. The van der Waals surface area contributed by atoms with Crippen molar-refractivity contribution in [1.82, 2.24) is 10.2 Å². The van der Waals surface area contributed by atoms with Crippen LogP contribution in [0, 0.1) is 0 Å². The Balaban J connectivity index is 0.00000225. The third-order valence-corrected chi connectivity index (χ3v) is 2.37. The Labute approximate surface area is 103 Å². The first-order chi connectivity index (χ1) is 7.13. The second-order valence-electron chi connectivity index (χ2n) is 4.07. The maximum Gasteiger partial charge on any atom is 0.248 e. The van der Waals surface area contributed by atoms with Gasteiger partial charge in [-0.2, -0.15) is 0 Å². The molecule has 2 unspecified atom stereocenters. The Bertz CT molecular complexity index is 226.